The first-order valence-electron chi connectivity index (χ1n) is 11.4. The molecule has 0 bridgehead atoms. The van der Waals surface area contributed by atoms with Crippen LogP contribution in [0.2, 0.25) is 0 Å². The second-order valence-electron chi connectivity index (χ2n) is 7.76. The Morgan fingerprint density at radius 3 is 2.19 bits per heavy atom. The average molecular weight is 440 g/mol. The molecule has 1 heterocycles. The first-order chi connectivity index (χ1) is 15.7. The maximum Gasteiger partial charge on any atom is 0.253 e. The molecule has 3 rings (SSSR count). The third kappa shape index (κ3) is 7.57. The molecule has 1 fully saturated rings. The summed E-state index contributed by atoms with van der Waals surface area (Å²) in [6.45, 7) is 5.45. The van der Waals surface area contributed by atoms with Crippen molar-refractivity contribution in [3.63, 3.8) is 0 Å². The predicted octanol–water partition coefficient (Wildman–Crippen LogP) is 4.17. The van der Waals surface area contributed by atoms with Crippen molar-refractivity contribution in [2.45, 2.75) is 32.6 Å². The minimum absolute atomic E-state index is 0.0847. The number of amides is 2. The minimum Gasteiger partial charge on any atom is -0.491 e. The molecule has 172 valence electrons. The molecule has 7 nitrogen and oxygen atoms in total. The van der Waals surface area contributed by atoms with Gasteiger partial charge in [0.05, 0.1) is 13.2 Å². The molecule has 2 aromatic carbocycles. The number of benzene rings is 2. The Morgan fingerprint density at radius 2 is 1.53 bits per heavy atom. The lowest BCUT2D eigenvalue weighted by Crippen LogP contribution is -2.31. The van der Waals surface area contributed by atoms with Gasteiger partial charge in [-0.2, -0.15) is 0 Å². The lowest BCUT2D eigenvalue weighted by Gasteiger charge is -2.20. The molecule has 0 radical (unpaired) electrons. The van der Waals surface area contributed by atoms with Crippen molar-refractivity contribution in [3.05, 3.63) is 54.1 Å². The number of hydrogen-bond acceptors (Lipinski definition) is 5. The fraction of sp³-hybridized carbons (Fsp3) is 0.440. The molecule has 0 spiro atoms. The van der Waals surface area contributed by atoms with Gasteiger partial charge < -0.3 is 25.0 Å². The van der Waals surface area contributed by atoms with E-state index in [0.717, 1.165) is 37.4 Å². The van der Waals surface area contributed by atoms with Gasteiger partial charge >= 0.3 is 0 Å². The van der Waals surface area contributed by atoms with E-state index in [1.165, 1.54) is 12.8 Å². The molecule has 1 saturated heterocycles. The number of rotatable bonds is 10. The van der Waals surface area contributed by atoms with Crippen LogP contribution in [0.4, 0.5) is 11.4 Å². The largest absolute Gasteiger partial charge is 0.491 e. The van der Waals surface area contributed by atoms with Crippen LogP contribution in [-0.4, -0.2) is 56.2 Å². The Balaban J connectivity index is 1.42. The van der Waals surface area contributed by atoms with Crippen molar-refractivity contribution >= 4 is 23.2 Å². The van der Waals surface area contributed by atoms with Gasteiger partial charge in [0.15, 0.2) is 0 Å². The molecular formula is C25H33N3O4. The van der Waals surface area contributed by atoms with Crippen LogP contribution in [-0.2, 0) is 9.53 Å². The van der Waals surface area contributed by atoms with Crippen LogP contribution < -0.4 is 15.4 Å². The van der Waals surface area contributed by atoms with Gasteiger partial charge in [-0.15, -0.1) is 0 Å². The second kappa shape index (κ2) is 12.7. The lowest BCUT2D eigenvalue weighted by atomic mass is 10.1. The van der Waals surface area contributed by atoms with Gasteiger partial charge in [-0.05, 0) is 68.3 Å². The zero-order chi connectivity index (χ0) is 22.6. The Bertz CT molecular complexity index is 844. The van der Waals surface area contributed by atoms with E-state index in [4.69, 9.17) is 9.47 Å². The van der Waals surface area contributed by atoms with Crippen LogP contribution in [0.15, 0.2) is 48.5 Å². The molecule has 1 aliphatic rings. The average Bonchev–Trinajstić information content (AvgIpc) is 3.11. The third-order valence-corrected chi connectivity index (χ3v) is 5.32. The summed E-state index contributed by atoms with van der Waals surface area (Å²) >= 11 is 0. The van der Waals surface area contributed by atoms with Crippen molar-refractivity contribution in [1.29, 1.82) is 0 Å². The van der Waals surface area contributed by atoms with Crippen molar-refractivity contribution in [2.24, 2.45) is 0 Å². The first kappa shape index (κ1) is 23.6. The van der Waals surface area contributed by atoms with Crippen molar-refractivity contribution in [1.82, 2.24) is 4.90 Å². The number of nitrogens with one attached hydrogen (secondary N) is 2. The van der Waals surface area contributed by atoms with Crippen LogP contribution in [0.3, 0.4) is 0 Å². The fourth-order valence-corrected chi connectivity index (χ4v) is 3.57. The lowest BCUT2D eigenvalue weighted by molar-refractivity contribution is -0.114. The molecule has 0 aliphatic carbocycles. The summed E-state index contributed by atoms with van der Waals surface area (Å²) in [5.74, 6) is 0.664. The molecule has 0 atom stereocenters. The number of carbonyl (C=O) groups excluding carboxylic acids is 2. The van der Waals surface area contributed by atoms with E-state index in [0.29, 0.717) is 31.1 Å². The van der Waals surface area contributed by atoms with Gasteiger partial charge in [0.1, 0.15) is 12.4 Å². The molecule has 32 heavy (non-hydrogen) atoms. The minimum atomic E-state index is -0.153. The van der Waals surface area contributed by atoms with Crippen molar-refractivity contribution < 1.29 is 19.1 Å². The number of anilines is 2. The first-order valence-corrected chi connectivity index (χ1v) is 11.4. The standard InChI is InChI=1S/C25H33N3O4/c1-2-31-17-18-32-23-13-11-22(12-14-23)27-24(29)19-26-21-9-7-20(8-10-21)25(30)28-15-5-3-4-6-16-28/h7-14,26H,2-6,15-19H2,1H3,(H,27,29). The molecule has 1 aliphatic heterocycles. The molecular weight excluding hydrogens is 406 g/mol. The molecule has 7 heteroatoms. The van der Waals surface area contributed by atoms with Crippen LogP contribution in [0.5, 0.6) is 5.75 Å². The second-order valence-corrected chi connectivity index (χ2v) is 7.76. The summed E-state index contributed by atoms with van der Waals surface area (Å²) in [6.07, 6.45) is 4.54. The van der Waals surface area contributed by atoms with E-state index in [1.54, 1.807) is 12.1 Å². The van der Waals surface area contributed by atoms with Gasteiger partial charge in [0.2, 0.25) is 5.91 Å². The molecule has 0 aromatic heterocycles. The maximum absolute atomic E-state index is 12.7. The Hall–Kier alpha value is -3.06. The summed E-state index contributed by atoms with van der Waals surface area (Å²) in [4.78, 5) is 26.9. The van der Waals surface area contributed by atoms with E-state index in [-0.39, 0.29) is 18.4 Å². The van der Waals surface area contributed by atoms with E-state index >= 15 is 0 Å². The topological polar surface area (TPSA) is 79.9 Å². The van der Waals surface area contributed by atoms with Gasteiger partial charge in [-0.3, -0.25) is 9.59 Å². The van der Waals surface area contributed by atoms with Crippen molar-refractivity contribution in [3.8, 4) is 5.75 Å². The van der Waals surface area contributed by atoms with Crippen LogP contribution in [0.25, 0.3) is 0 Å². The highest BCUT2D eigenvalue weighted by Gasteiger charge is 2.17. The van der Waals surface area contributed by atoms with Gasteiger partial charge in [-0.25, -0.2) is 0 Å². The third-order valence-electron chi connectivity index (χ3n) is 5.32. The fourth-order valence-electron chi connectivity index (χ4n) is 3.57. The summed E-state index contributed by atoms with van der Waals surface area (Å²) in [5, 5.41) is 5.95. The normalized spacial score (nSPS) is 13.8. The number of carbonyl (C=O) groups is 2. The van der Waals surface area contributed by atoms with Crippen LogP contribution >= 0.6 is 0 Å². The number of likely N-dealkylation sites (tertiary alicyclic amines) is 1. The SMILES string of the molecule is CCOCCOc1ccc(NC(=O)CNc2ccc(C(=O)N3CCCCCC3)cc2)cc1. The van der Waals surface area contributed by atoms with E-state index in [1.807, 2.05) is 48.2 Å². The van der Waals surface area contributed by atoms with E-state index in [9.17, 15) is 9.59 Å². The summed E-state index contributed by atoms with van der Waals surface area (Å²) in [6, 6.07) is 14.5. The Kier molecular flexibility index (Phi) is 9.37. The monoisotopic (exact) mass is 439 g/mol. The molecule has 0 unspecified atom stereocenters. The van der Waals surface area contributed by atoms with E-state index in [2.05, 4.69) is 10.6 Å². The summed E-state index contributed by atoms with van der Waals surface area (Å²) < 4.78 is 10.8. The highest BCUT2D eigenvalue weighted by molar-refractivity contribution is 5.95. The molecule has 0 saturated carbocycles. The van der Waals surface area contributed by atoms with Gasteiger partial charge in [-0.1, -0.05) is 12.8 Å². The zero-order valence-corrected chi connectivity index (χ0v) is 18.8. The number of hydrogen-bond donors (Lipinski definition) is 2. The predicted molar refractivity (Wildman–Crippen MR) is 126 cm³/mol. The Labute approximate surface area is 190 Å². The molecule has 2 N–H and O–H groups in total. The quantitative estimate of drug-likeness (QED) is 0.543. The Morgan fingerprint density at radius 1 is 0.875 bits per heavy atom. The highest BCUT2D eigenvalue weighted by atomic mass is 16.5. The van der Waals surface area contributed by atoms with E-state index < -0.39 is 0 Å². The summed E-state index contributed by atoms with van der Waals surface area (Å²) in [5.41, 5.74) is 2.18. The smallest absolute Gasteiger partial charge is 0.253 e. The molecule has 2 amide bonds. The van der Waals surface area contributed by atoms with Gasteiger partial charge in [0.25, 0.3) is 5.91 Å². The number of nitrogens with zero attached hydrogens (tertiary/aromatic N) is 1. The number of ether oxygens (including phenoxy) is 2. The summed E-state index contributed by atoms with van der Waals surface area (Å²) in [7, 11) is 0. The van der Waals surface area contributed by atoms with Gasteiger partial charge in [0, 0.05) is 36.6 Å². The van der Waals surface area contributed by atoms with Crippen LogP contribution in [0.1, 0.15) is 43.0 Å². The van der Waals surface area contributed by atoms with Crippen molar-refractivity contribution in [2.75, 3.05) is 50.1 Å². The molecule has 2 aromatic rings. The zero-order valence-electron chi connectivity index (χ0n) is 18.8. The highest BCUT2D eigenvalue weighted by Crippen LogP contribution is 2.17. The maximum atomic E-state index is 12.7. The van der Waals surface area contributed by atoms with Crippen LogP contribution in [0, 0.1) is 0 Å².